The molecule has 3 N–H and O–H groups in total. The van der Waals surface area contributed by atoms with Gasteiger partial charge in [-0.05, 0) is 6.92 Å². The lowest BCUT2D eigenvalue weighted by Crippen LogP contribution is -2.33. The zero-order valence-corrected chi connectivity index (χ0v) is 13.5. The Morgan fingerprint density at radius 1 is 1.33 bits per heavy atom. The first-order chi connectivity index (χ1) is 11.4. The van der Waals surface area contributed by atoms with E-state index < -0.39 is 31.1 Å². The van der Waals surface area contributed by atoms with E-state index in [2.05, 4.69) is 25.3 Å². The molecule has 0 spiro atoms. The van der Waals surface area contributed by atoms with Gasteiger partial charge in [0.1, 0.15) is 30.5 Å². The summed E-state index contributed by atoms with van der Waals surface area (Å²) in [7, 11) is 3.71. The van der Waals surface area contributed by atoms with Crippen molar-refractivity contribution in [2.75, 3.05) is 20.7 Å². The molecule has 2 aromatic rings. The second-order valence-corrected chi connectivity index (χ2v) is 5.69. The molecule has 0 saturated carbocycles. The number of aliphatic hydroxyl groups excluding tert-OH is 3. The lowest BCUT2D eigenvalue weighted by molar-refractivity contribution is -0.0574. The Morgan fingerprint density at radius 2 is 2.08 bits per heavy atom. The van der Waals surface area contributed by atoms with Crippen molar-refractivity contribution >= 4 is 22.8 Å². The summed E-state index contributed by atoms with van der Waals surface area (Å²) >= 11 is 0. The van der Waals surface area contributed by atoms with Gasteiger partial charge in [0.15, 0.2) is 23.2 Å². The van der Waals surface area contributed by atoms with Crippen molar-refractivity contribution < 1.29 is 20.1 Å². The SMILES string of the molecule is C/C(=N\c1ncnc2c1nnn2[C@@H]1O[C@H](CO)[C@@H](O)[C@H]1O)N(C)C. The lowest BCUT2D eigenvalue weighted by atomic mass is 10.1. The van der Waals surface area contributed by atoms with E-state index in [4.69, 9.17) is 4.74 Å². The first kappa shape index (κ1) is 16.6. The van der Waals surface area contributed by atoms with Crippen LogP contribution in [0.3, 0.4) is 0 Å². The zero-order valence-electron chi connectivity index (χ0n) is 13.5. The number of aliphatic hydroxyl groups is 3. The summed E-state index contributed by atoms with van der Waals surface area (Å²) < 4.78 is 6.71. The van der Waals surface area contributed by atoms with Crippen LogP contribution in [0.2, 0.25) is 0 Å². The highest BCUT2D eigenvalue weighted by molar-refractivity contribution is 5.87. The molecule has 0 bridgehead atoms. The maximum absolute atomic E-state index is 10.1. The molecule has 4 atom stereocenters. The summed E-state index contributed by atoms with van der Waals surface area (Å²) in [5.41, 5.74) is 0.654. The molecule has 130 valence electrons. The van der Waals surface area contributed by atoms with Crippen LogP contribution in [-0.2, 0) is 4.74 Å². The van der Waals surface area contributed by atoms with Crippen LogP contribution < -0.4 is 0 Å². The van der Waals surface area contributed by atoms with Crippen LogP contribution in [0, 0.1) is 0 Å². The molecule has 3 heterocycles. The minimum atomic E-state index is -1.27. The van der Waals surface area contributed by atoms with Crippen molar-refractivity contribution in [3.8, 4) is 0 Å². The smallest absolute Gasteiger partial charge is 0.187 e. The van der Waals surface area contributed by atoms with Gasteiger partial charge >= 0.3 is 0 Å². The molecule has 0 aromatic carbocycles. The Morgan fingerprint density at radius 3 is 2.71 bits per heavy atom. The maximum Gasteiger partial charge on any atom is 0.187 e. The van der Waals surface area contributed by atoms with Crippen LogP contribution in [0.4, 0.5) is 5.82 Å². The van der Waals surface area contributed by atoms with Gasteiger partial charge in [0.25, 0.3) is 0 Å². The monoisotopic (exact) mass is 337 g/mol. The van der Waals surface area contributed by atoms with Crippen molar-refractivity contribution in [3.05, 3.63) is 6.33 Å². The lowest BCUT2D eigenvalue weighted by Gasteiger charge is -2.14. The first-order valence-corrected chi connectivity index (χ1v) is 7.35. The van der Waals surface area contributed by atoms with Gasteiger partial charge in [0.2, 0.25) is 0 Å². The van der Waals surface area contributed by atoms with E-state index in [1.54, 1.807) is 0 Å². The summed E-state index contributed by atoms with van der Waals surface area (Å²) in [6.45, 7) is 1.40. The molecule has 1 saturated heterocycles. The van der Waals surface area contributed by atoms with Crippen LogP contribution in [0.5, 0.6) is 0 Å². The van der Waals surface area contributed by atoms with Gasteiger partial charge in [-0.2, -0.15) is 4.68 Å². The quantitative estimate of drug-likeness (QED) is 0.448. The fourth-order valence-electron chi connectivity index (χ4n) is 2.34. The summed E-state index contributed by atoms with van der Waals surface area (Å²) in [4.78, 5) is 14.4. The van der Waals surface area contributed by atoms with Crippen LogP contribution in [0.15, 0.2) is 11.3 Å². The van der Waals surface area contributed by atoms with E-state index >= 15 is 0 Å². The molecule has 11 nitrogen and oxygen atoms in total. The van der Waals surface area contributed by atoms with Crippen LogP contribution in [0.25, 0.3) is 11.2 Å². The van der Waals surface area contributed by atoms with E-state index in [0.717, 1.165) is 5.84 Å². The summed E-state index contributed by atoms with van der Waals surface area (Å²) in [6, 6.07) is 0. The number of rotatable bonds is 3. The Bertz CT molecular complexity index is 762. The molecule has 24 heavy (non-hydrogen) atoms. The number of hydrogen-bond acceptors (Lipinski definition) is 9. The Balaban J connectivity index is 2.02. The van der Waals surface area contributed by atoms with Crippen molar-refractivity contribution in [1.82, 2.24) is 29.9 Å². The van der Waals surface area contributed by atoms with Crippen LogP contribution in [-0.4, -0.2) is 90.0 Å². The first-order valence-electron chi connectivity index (χ1n) is 7.35. The fourth-order valence-corrected chi connectivity index (χ4v) is 2.34. The number of ether oxygens (including phenoxy) is 1. The minimum absolute atomic E-state index is 0.310. The Hall–Kier alpha value is -2.21. The molecule has 1 fully saturated rings. The minimum Gasteiger partial charge on any atom is -0.394 e. The molecule has 0 amide bonds. The number of aromatic nitrogens is 5. The standard InChI is InChI=1S/C13H19N7O4/c1-6(19(2)3)16-11-8-12(15-5-14-11)20(18-17-8)13-10(23)9(22)7(4-21)24-13/h5,7,9-10,13,21-23H,4H2,1-3H3/b16-6+/t7-,9-,10-,13-/m1/s1. The number of aliphatic imine (C=N–C) groups is 1. The highest BCUT2D eigenvalue weighted by Crippen LogP contribution is 2.31. The summed E-state index contributed by atoms with van der Waals surface area (Å²) in [5.74, 6) is 1.06. The second kappa shape index (κ2) is 6.36. The number of hydrogen-bond donors (Lipinski definition) is 3. The van der Waals surface area contributed by atoms with Crippen LogP contribution in [0.1, 0.15) is 13.2 Å². The molecule has 1 aliphatic heterocycles. The number of amidine groups is 1. The predicted octanol–water partition coefficient (Wildman–Crippen LogP) is -1.56. The van der Waals surface area contributed by atoms with E-state index in [1.807, 2.05) is 25.9 Å². The van der Waals surface area contributed by atoms with E-state index in [0.29, 0.717) is 17.0 Å². The van der Waals surface area contributed by atoms with Crippen molar-refractivity contribution in [2.24, 2.45) is 4.99 Å². The number of nitrogens with zero attached hydrogens (tertiary/aromatic N) is 7. The molecule has 3 rings (SSSR count). The third-order valence-electron chi connectivity index (χ3n) is 3.91. The van der Waals surface area contributed by atoms with Crippen molar-refractivity contribution in [2.45, 2.75) is 31.5 Å². The Kier molecular flexibility index (Phi) is 4.41. The zero-order chi connectivity index (χ0) is 17.4. The van der Waals surface area contributed by atoms with Gasteiger partial charge < -0.3 is 25.0 Å². The van der Waals surface area contributed by atoms with Crippen molar-refractivity contribution in [3.63, 3.8) is 0 Å². The summed E-state index contributed by atoms with van der Waals surface area (Å²) in [6.07, 6.45) is -3.10. The van der Waals surface area contributed by atoms with Gasteiger partial charge in [0.05, 0.1) is 6.61 Å². The van der Waals surface area contributed by atoms with Gasteiger partial charge in [0, 0.05) is 14.1 Å². The third-order valence-corrected chi connectivity index (χ3v) is 3.91. The van der Waals surface area contributed by atoms with E-state index in [1.165, 1.54) is 11.0 Å². The molecular weight excluding hydrogens is 318 g/mol. The molecule has 0 unspecified atom stereocenters. The van der Waals surface area contributed by atoms with Crippen LogP contribution >= 0.6 is 0 Å². The normalized spacial score (nSPS) is 27.8. The average molecular weight is 337 g/mol. The second-order valence-electron chi connectivity index (χ2n) is 5.69. The molecule has 11 heteroatoms. The van der Waals surface area contributed by atoms with Gasteiger partial charge in [-0.25, -0.2) is 15.0 Å². The molecule has 0 radical (unpaired) electrons. The maximum atomic E-state index is 10.1. The molecule has 1 aliphatic rings. The largest absolute Gasteiger partial charge is 0.394 e. The molecular formula is C13H19N7O4. The van der Waals surface area contributed by atoms with E-state index in [9.17, 15) is 15.3 Å². The number of fused-ring (bicyclic) bond motifs is 1. The third kappa shape index (κ3) is 2.71. The predicted molar refractivity (Wildman–Crippen MR) is 82.6 cm³/mol. The highest BCUT2D eigenvalue weighted by atomic mass is 16.6. The topological polar surface area (TPSA) is 142 Å². The summed E-state index contributed by atoms with van der Waals surface area (Å²) in [5, 5.41) is 37.2. The highest BCUT2D eigenvalue weighted by Gasteiger charge is 2.44. The van der Waals surface area contributed by atoms with Gasteiger partial charge in [-0.1, -0.05) is 5.21 Å². The average Bonchev–Trinajstić information content (AvgIpc) is 3.10. The Labute approximate surface area is 137 Å². The fraction of sp³-hybridized carbons (Fsp3) is 0.615. The van der Waals surface area contributed by atoms with Crippen molar-refractivity contribution in [1.29, 1.82) is 0 Å². The van der Waals surface area contributed by atoms with Gasteiger partial charge in [-0.15, -0.1) is 5.10 Å². The van der Waals surface area contributed by atoms with Gasteiger partial charge in [-0.3, -0.25) is 0 Å². The van der Waals surface area contributed by atoms with E-state index in [-0.39, 0.29) is 0 Å². The molecule has 2 aromatic heterocycles. The molecule has 0 aliphatic carbocycles.